The second-order valence-electron chi connectivity index (χ2n) is 6.79. The molecule has 0 radical (unpaired) electrons. The molecule has 128 valence electrons. The van der Waals surface area contributed by atoms with Crippen LogP contribution >= 0.6 is 0 Å². The minimum atomic E-state index is 0.322. The summed E-state index contributed by atoms with van der Waals surface area (Å²) < 4.78 is 0. The zero-order chi connectivity index (χ0) is 18.2. The van der Waals surface area contributed by atoms with Crippen LogP contribution in [0.15, 0.2) is 103 Å². The van der Waals surface area contributed by atoms with Gasteiger partial charge in [0.2, 0.25) is 0 Å². The van der Waals surface area contributed by atoms with Gasteiger partial charge in [0.15, 0.2) is 0 Å². The fraction of sp³-hybridized carbons (Fsp3) is 0. The van der Waals surface area contributed by atoms with Crippen molar-refractivity contribution in [1.29, 1.82) is 0 Å². The van der Waals surface area contributed by atoms with Gasteiger partial charge < -0.3 is 5.11 Å². The van der Waals surface area contributed by atoms with Gasteiger partial charge in [0.05, 0.1) is 0 Å². The normalized spacial score (nSPS) is 11.1. The molecule has 0 aliphatic heterocycles. The molecule has 5 aromatic rings. The summed E-state index contributed by atoms with van der Waals surface area (Å²) in [7, 11) is 0. The minimum absolute atomic E-state index is 0.322. The highest BCUT2D eigenvalue weighted by Crippen LogP contribution is 2.40. The maximum Gasteiger partial charge on any atom is 0.124 e. The van der Waals surface area contributed by atoms with E-state index in [9.17, 15) is 5.11 Å². The Hall–Kier alpha value is -3.58. The van der Waals surface area contributed by atoms with E-state index in [1.165, 1.54) is 11.1 Å². The minimum Gasteiger partial charge on any atom is -0.507 e. The van der Waals surface area contributed by atoms with Crippen molar-refractivity contribution in [1.82, 2.24) is 0 Å². The van der Waals surface area contributed by atoms with Gasteiger partial charge in [-0.1, -0.05) is 84.9 Å². The Morgan fingerprint density at radius 2 is 1.11 bits per heavy atom. The number of phenols is 1. The third-order valence-corrected chi connectivity index (χ3v) is 5.13. The number of fused-ring (bicyclic) bond motifs is 3. The Morgan fingerprint density at radius 3 is 1.85 bits per heavy atom. The van der Waals surface area contributed by atoms with Crippen LogP contribution in [0.1, 0.15) is 0 Å². The summed E-state index contributed by atoms with van der Waals surface area (Å²) in [5, 5.41) is 14.8. The van der Waals surface area contributed by atoms with Crippen LogP contribution in [0.25, 0.3) is 43.8 Å². The van der Waals surface area contributed by atoms with E-state index in [-0.39, 0.29) is 0 Å². The lowest BCUT2D eigenvalue weighted by atomic mass is 9.90. The summed E-state index contributed by atoms with van der Waals surface area (Å²) in [4.78, 5) is 0. The Bertz CT molecular complexity index is 1260. The van der Waals surface area contributed by atoms with E-state index in [2.05, 4.69) is 72.8 Å². The number of aromatic hydroxyl groups is 1. The topological polar surface area (TPSA) is 20.2 Å². The Balaban J connectivity index is 1.94. The molecule has 0 aromatic heterocycles. The first kappa shape index (κ1) is 15.7. The van der Waals surface area contributed by atoms with Crippen molar-refractivity contribution in [3.05, 3.63) is 103 Å². The van der Waals surface area contributed by atoms with Crippen LogP contribution in [0.4, 0.5) is 0 Å². The van der Waals surface area contributed by atoms with Crippen LogP contribution in [0, 0.1) is 0 Å². The van der Waals surface area contributed by atoms with E-state index < -0.39 is 0 Å². The lowest BCUT2D eigenvalue weighted by Gasteiger charge is -2.14. The Morgan fingerprint density at radius 1 is 0.444 bits per heavy atom. The molecule has 0 fully saturated rings. The maximum absolute atomic E-state index is 10.6. The van der Waals surface area contributed by atoms with Crippen LogP contribution in [0.3, 0.4) is 0 Å². The van der Waals surface area contributed by atoms with Crippen LogP contribution in [0.2, 0.25) is 0 Å². The average Bonchev–Trinajstić information content (AvgIpc) is 2.74. The lowest BCUT2D eigenvalue weighted by molar-refractivity contribution is 0.482. The molecule has 0 spiro atoms. The molecule has 1 heteroatoms. The smallest absolute Gasteiger partial charge is 0.124 e. The van der Waals surface area contributed by atoms with Crippen molar-refractivity contribution in [2.75, 3.05) is 0 Å². The molecule has 0 atom stereocenters. The van der Waals surface area contributed by atoms with Crippen molar-refractivity contribution >= 4 is 21.5 Å². The number of rotatable bonds is 2. The number of hydrogen-bond donors (Lipinski definition) is 1. The van der Waals surface area contributed by atoms with Crippen molar-refractivity contribution in [3.63, 3.8) is 0 Å². The predicted molar refractivity (Wildman–Crippen MR) is 114 cm³/mol. The van der Waals surface area contributed by atoms with E-state index in [4.69, 9.17) is 0 Å². The van der Waals surface area contributed by atoms with Gasteiger partial charge in [-0.05, 0) is 51.2 Å². The third kappa shape index (κ3) is 2.65. The van der Waals surface area contributed by atoms with Crippen LogP contribution in [0.5, 0.6) is 5.75 Å². The maximum atomic E-state index is 10.6. The number of benzene rings is 5. The van der Waals surface area contributed by atoms with E-state index in [1.54, 1.807) is 6.07 Å². The Kier molecular flexibility index (Phi) is 3.65. The van der Waals surface area contributed by atoms with Gasteiger partial charge >= 0.3 is 0 Å². The largest absolute Gasteiger partial charge is 0.507 e. The first-order valence-electron chi connectivity index (χ1n) is 9.10. The molecule has 0 aliphatic carbocycles. The van der Waals surface area contributed by atoms with Gasteiger partial charge in [-0.15, -0.1) is 0 Å². The molecule has 5 rings (SSSR count). The average molecular weight is 346 g/mol. The molecular formula is C26H18O. The molecule has 1 N–H and O–H groups in total. The summed E-state index contributed by atoms with van der Waals surface area (Å²) in [5.74, 6) is 0.322. The van der Waals surface area contributed by atoms with E-state index in [0.717, 1.165) is 32.7 Å². The second kappa shape index (κ2) is 6.30. The fourth-order valence-electron chi connectivity index (χ4n) is 3.87. The summed E-state index contributed by atoms with van der Waals surface area (Å²) >= 11 is 0. The zero-order valence-electron chi connectivity index (χ0n) is 14.8. The molecule has 27 heavy (non-hydrogen) atoms. The van der Waals surface area contributed by atoms with E-state index in [0.29, 0.717) is 5.75 Å². The fourth-order valence-corrected chi connectivity index (χ4v) is 3.87. The van der Waals surface area contributed by atoms with Crippen molar-refractivity contribution < 1.29 is 5.11 Å². The zero-order valence-corrected chi connectivity index (χ0v) is 14.8. The first-order chi connectivity index (χ1) is 13.3. The van der Waals surface area contributed by atoms with Crippen molar-refractivity contribution in [3.8, 4) is 28.0 Å². The van der Waals surface area contributed by atoms with Crippen LogP contribution < -0.4 is 0 Å². The summed E-state index contributed by atoms with van der Waals surface area (Å²) in [6, 6.07) is 35.2. The highest BCUT2D eigenvalue weighted by atomic mass is 16.3. The summed E-state index contributed by atoms with van der Waals surface area (Å²) in [6.07, 6.45) is 0. The highest BCUT2D eigenvalue weighted by molar-refractivity contribution is 6.17. The SMILES string of the molecule is Oc1cccc2ccc3cc(-c4ccccc4)cc(-c4ccccc4)c3c12. The van der Waals surface area contributed by atoms with Gasteiger partial charge in [-0.2, -0.15) is 0 Å². The third-order valence-electron chi connectivity index (χ3n) is 5.13. The van der Waals surface area contributed by atoms with Gasteiger partial charge in [0.1, 0.15) is 5.75 Å². The molecule has 0 bridgehead atoms. The van der Waals surface area contributed by atoms with Crippen molar-refractivity contribution in [2.24, 2.45) is 0 Å². The quantitative estimate of drug-likeness (QED) is 0.340. The van der Waals surface area contributed by atoms with E-state index in [1.807, 2.05) is 24.3 Å². The van der Waals surface area contributed by atoms with Gasteiger partial charge in [0.25, 0.3) is 0 Å². The Labute approximate surface area is 158 Å². The highest BCUT2D eigenvalue weighted by Gasteiger charge is 2.13. The molecule has 0 heterocycles. The molecule has 0 saturated heterocycles. The number of phenolic OH excluding ortho intramolecular Hbond substituents is 1. The molecule has 0 unspecified atom stereocenters. The second-order valence-corrected chi connectivity index (χ2v) is 6.79. The van der Waals surface area contributed by atoms with Gasteiger partial charge in [-0.25, -0.2) is 0 Å². The van der Waals surface area contributed by atoms with Crippen LogP contribution in [-0.4, -0.2) is 5.11 Å². The van der Waals surface area contributed by atoms with E-state index >= 15 is 0 Å². The molecule has 5 aromatic carbocycles. The first-order valence-corrected chi connectivity index (χ1v) is 9.10. The molecule has 0 aliphatic rings. The molecule has 0 amide bonds. The number of hydrogen-bond acceptors (Lipinski definition) is 1. The molecule has 1 nitrogen and oxygen atoms in total. The summed E-state index contributed by atoms with van der Waals surface area (Å²) in [5.41, 5.74) is 4.65. The molecule has 0 saturated carbocycles. The molecular weight excluding hydrogens is 328 g/mol. The monoisotopic (exact) mass is 346 g/mol. The summed E-state index contributed by atoms with van der Waals surface area (Å²) in [6.45, 7) is 0. The predicted octanol–water partition coefficient (Wildman–Crippen LogP) is 7.03. The van der Waals surface area contributed by atoms with Gasteiger partial charge in [0, 0.05) is 10.8 Å². The lowest BCUT2D eigenvalue weighted by Crippen LogP contribution is -1.87. The van der Waals surface area contributed by atoms with Crippen LogP contribution in [-0.2, 0) is 0 Å². The van der Waals surface area contributed by atoms with Crippen molar-refractivity contribution in [2.45, 2.75) is 0 Å². The standard InChI is InChI=1S/C26H18O/c27-24-13-7-12-20-14-15-21-16-22(18-8-3-1-4-9-18)17-23(25(21)26(20)24)19-10-5-2-6-11-19/h1-17,27H. The van der Waals surface area contributed by atoms with Gasteiger partial charge in [-0.3, -0.25) is 0 Å².